The number of hydrogen-bond donors (Lipinski definition) is 2. The molecule has 0 saturated heterocycles. The summed E-state index contributed by atoms with van der Waals surface area (Å²) in [6, 6.07) is 0.268. The lowest BCUT2D eigenvalue weighted by atomic mass is 10.5. The van der Waals surface area contributed by atoms with Crippen LogP contribution in [-0.2, 0) is 0 Å². The molecule has 0 aliphatic heterocycles. The second-order valence-corrected chi connectivity index (χ2v) is 4.78. The quantitative estimate of drug-likeness (QED) is 0.525. The van der Waals surface area contributed by atoms with Gasteiger partial charge in [-0.2, -0.15) is 15.0 Å². The van der Waals surface area contributed by atoms with Crippen LogP contribution in [0.25, 0.3) is 0 Å². The van der Waals surface area contributed by atoms with E-state index in [0.717, 1.165) is 13.1 Å². The van der Waals surface area contributed by atoms with Crippen LogP contribution in [0.15, 0.2) is 0 Å². The lowest BCUT2D eigenvalue weighted by Crippen LogP contribution is -2.30. The molecule has 3 N–H and O–H groups in total. The molecule has 0 aliphatic rings. The van der Waals surface area contributed by atoms with Crippen molar-refractivity contribution in [1.82, 2.24) is 19.9 Å². The fraction of sp³-hybridized carbons (Fsp3) is 0.727. The van der Waals surface area contributed by atoms with Gasteiger partial charge in [0.2, 0.25) is 11.9 Å². The maximum Gasteiger partial charge on any atom is 0.323 e. The Morgan fingerprint density at radius 2 is 1.84 bits per heavy atom. The van der Waals surface area contributed by atoms with Gasteiger partial charge in [-0.3, -0.25) is 5.43 Å². The van der Waals surface area contributed by atoms with Gasteiger partial charge >= 0.3 is 6.01 Å². The van der Waals surface area contributed by atoms with Crippen LogP contribution in [0.5, 0.6) is 6.01 Å². The van der Waals surface area contributed by atoms with E-state index < -0.39 is 0 Å². The molecule has 0 saturated carbocycles. The van der Waals surface area contributed by atoms with Gasteiger partial charge < -0.3 is 14.5 Å². The molecule has 0 bridgehead atoms. The third-order valence-electron chi connectivity index (χ3n) is 2.30. The van der Waals surface area contributed by atoms with Crippen molar-refractivity contribution >= 4 is 11.9 Å². The monoisotopic (exact) mass is 269 g/mol. The lowest BCUT2D eigenvalue weighted by Gasteiger charge is -2.20. The predicted octanol–water partition coefficient (Wildman–Crippen LogP) is -0.0578. The maximum absolute atomic E-state index is 5.48. The van der Waals surface area contributed by atoms with E-state index >= 15 is 0 Å². The summed E-state index contributed by atoms with van der Waals surface area (Å²) in [6.45, 7) is 5.51. The number of nitrogen functional groups attached to an aromatic ring is 1. The fourth-order valence-corrected chi connectivity index (χ4v) is 1.29. The number of nitrogens with zero attached hydrogens (tertiary/aromatic N) is 5. The SMILES string of the molecule is CC(C)Oc1nc(NN)nc(N(C)CCN(C)C)n1. The van der Waals surface area contributed by atoms with Crippen molar-refractivity contribution in [2.24, 2.45) is 5.84 Å². The minimum absolute atomic E-state index is 0.00652. The normalized spacial score (nSPS) is 10.9. The molecule has 0 spiro atoms. The zero-order valence-corrected chi connectivity index (χ0v) is 12.2. The number of likely N-dealkylation sites (N-methyl/N-ethyl adjacent to an activating group) is 2. The molecule has 1 heterocycles. The van der Waals surface area contributed by atoms with Crippen LogP contribution in [-0.4, -0.2) is 60.2 Å². The van der Waals surface area contributed by atoms with Crippen LogP contribution in [0.2, 0.25) is 0 Å². The summed E-state index contributed by atoms with van der Waals surface area (Å²) in [7, 11) is 5.95. The molecular weight excluding hydrogens is 246 g/mol. The molecule has 0 amide bonds. The highest BCUT2D eigenvalue weighted by Crippen LogP contribution is 2.14. The Kier molecular flexibility index (Phi) is 5.71. The highest BCUT2D eigenvalue weighted by Gasteiger charge is 2.12. The smallest absolute Gasteiger partial charge is 0.323 e. The number of hydrogen-bond acceptors (Lipinski definition) is 8. The van der Waals surface area contributed by atoms with Crippen molar-refractivity contribution in [3.63, 3.8) is 0 Å². The zero-order chi connectivity index (χ0) is 14.4. The first-order valence-electron chi connectivity index (χ1n) is 6.17. The Bertz CT molecular complexity index is 397. The second-order valence-electron chi connectivity index (χ2n) is 4.78. The molecule has 19 heavy (non-hydrogen) atoms. The van der Waals surface area contributed by atoms with Crippen LogP contribution < -0.4 is 20.9 Å². The Labute approximate surface area is 114 Å². The van der Waals surface area contributed by atoms with Crippen LogP contribution in [0.4, 0.5) is 11.9 Å². The Hall–Kier alpha value is -1.67. The number of nitrogens with one attached hydrogen (secondary N) is 1. The van der Waals surface area contributed by atoms with Gasteiger partial charge in [0.15, 0.2) is 0 Å². The van der Waals surface area contributed by atoms with Crippen molar-refractivity contribution in [3.05, 3.63) is 0 Å². The lowest BCUT2D eigenvalue weighted by molar-refractivity contribution is 0.222. The molecule has 0 aromatic carbocycles. The second kappa shape index (κ2) is 7.05. The van der Waals surface area contributed by atoms with Gasteiger partial charge in [0.1, 0.15) is 0 Å². The average molecular weight is 269 g/mol. The molecule has 0 radical (unpaired) electrons. The van der Waals surface area contributed by atoms with Crippen molar-refractivity contribution in [2.75, 3.05) is 44.6 Å². The molecule has 1 aromatic rings. The number of nitrogens with two attached hydrogens (primary N) is 1. The summed E-state index contributed by atoms with van der Waals surface area (Å²) in [5, 5.41) is 0. The van der Waals surface area contributed by atoms with Gasteiger partial charge in [-0.15, -0.1) is 0 Å². The maximum atomic E-state index is 5.48. The molecule has 108 valence electrons. The van der Waals surface area contributed by atoms with Crippen molar-refractivity contribution < 1.29 is 4.74 Å². The molecule has 0 atom stereocenters. The Morgan fingerprint density at radius 1 is 1.16 bits per heavy atom. The summed E-state index contributed by atoms with van der Waals surface area (Å²) in [6.07, 6.45) is -0.00652. The largest absolute Gasteiger partial charge is 0.461 e. The van der Waals surface area contributed by atoms with E-state index in [1.165, 1.54) is 0 Å². The first-order valence-corrected chi connectivity index (χ1v) is 6.17. The third-order valence-corrected chi connectivity index (χ3v) is 2.30. The molecule has 1 aromatic heterocycles. The first-order chi connectivity index (χ1) is 8.92. The van der Waals surface area contributed by atoms with E-state index in [9.17, 15) is 0 Å². The van der Waals surface area contributed by atoms with Gasteiger partial charge in [0, 0.05) is 20.1 Å². The predicted molar refractivity (Wildman–Crippen MR) is 75.2 cm³/mol. The molecule has 8 heteroatoms. The van der Waals surface area contributed by atoms with E-state index in [1.54, 1.807) is 0 Å². The highest BCUT2D eigenvalue weighted by atomic mass is 16.5. The van der Waals surface area contributed by atoms with E-state index in [1.807, 2.05) is 39.9 Å². The zero-order valence-electron chi connectivity index (χ0n) is 12.2. The van der Waals surface area contributed by atoms with Gasteiger partial charge in [0.05, 0.1) is 6.10 Å². The van der Waals surface area contributed by atoms with E-state index in [-0.39, 0.29) is 18.1 Å². The molecule has 0 aliphatic carbocycles. The van der Waals surface area contributed by atoms with E-state index in [4.69, 9.17) is 10.6 Å². The van der Waals surface area contributed by atoms with E-state index in [2.05, 4.69) is 25.3 Å². The van der Waals surface area contributed by atoms with Gasteiger partial charge in [-0.05, 0) is 27.9 Å². The Balaban J connectivity index is 2.86. The summed E-state index contributed by atoms with van der Waals surface area (Å²) in [5.74, 6) is 6.17. The number of rotatable bonds is 7. The topological polar surface area (TPSA) is 92.4 Å². The van der Waals surface area contributed by atoms with Gasteiger partial charge in [-0.1, -0.05) is 0 Å². The van der Waals surface area contributed by atoms with Gasteiger partial charge in [0.25, 0.3) is 0 Å². The van der Waals surface area contributed by atoms with Gasteiger partial charge in [-0.25, -0.2) is 5.84 Å². The molecule has 0 fully saturated rings. The summed E-state index contributed by atoms with van der Waals surface area (Å²) < 4.78 is 5.48. The number of hydrazine groups is 1. The molecule has 8 nitrogen and oxygen atoms in total. The summed E-state index contributed by atoms with van der Waals surface area (Å²) in [4.78, 5) is 16.5. The minimum atomic E-state index is -0.00652. The van der Waals surface area contributed by atoms with Crippen molar-refractivity contribution in [3.8, 4) is 6.01 Å². The number of ether oxygens (including phenoxy) is 1. The van der Waals surface area contributed by atoms with Crippen LogP contribution >= 0.6 is 0 Å². The highest BCUT2D eigenvalue weighted by molar-refractivity contribution is 5.36. The Morgan fingerprint density at radius 3 is 2.37 bits per heavy atom. The molecular formula is C11H23N7O. The van der Waals surface area contributed by atoms with Crippen molar-refractivity contribution in [1.29, 1.82) is 0 Å². The third kappa shape index (κ3) is 5.23. The number of aromatic nitrogens is 3. The fourth-order valence-electron chi connectivity index (χ4n) is 1.29. The molecule has 0 unspecified atom stereocenters. The first kappa shape index (κ1) is 15.4. The average Bonchev–Trinajstić information content (AvgIpc) is 2.34. The van der Waals surface area contributed by atoms with Crippen LogP contribution in [0, 0.1) is 0 Å². The standard InChI is InChI=1S/C11H23N7O/c1-8(2)19-11-14-9(16-12)13-10(15-11)18(5)7-6-17(3)4/h8H,6-7,12H2,1-5H3,(H,13,14,15,16). The number of anilines is 2. The van der Waals surface area contributed by atoms with E-state index in [0.29, 0.717) is 5.95 Å². The van der Waals surface area contributed by atoms with Crippen LogP contribution in [0.3, 0.4) is 0 Å². The summed E-state index contributed by atoms with van der Waals surface area (Å²) >= 11 is 0. The molecule has 1 rings (SSSR count). The van der Waals surface area contributed by atoms with Crippen molar-refractivity contribution in [2.45, 2.75) is 20.0 Å². The minimum Gasteiger partial charge on any atom is -0.461 e. The summed E-state index contributed by atoms with van der Waals surface area (Å²) in [5.41, 5.74) is 2.42. The van der Waals surface area contributed by atoms with Crippen LogP contribution in [0.1, 0.15) is 13.8 Å².